The summed E-state index contributed by atoms with van der Waals surface area (Å²) in [6.45, 7) is 2.83. The van der Waals surface area contributed by atoms with Gasteiger partial charge in [-0.15, -0.1) is 0 Å². The molecule has 0 radical (unpaired) electrons. The van der Waals surface area contributed by atoms with Crippen molar-refractivity contribution < 1.29 is 4.74 Å². The molecule has 0 aliphatic carbocycles. The summed E-state index contributed by atoms with van der Waals surface area (Å²) in [5.41, 5.74) is 0. The molecule has 0 aliphatic rings. The molecular weight excluding hydrogens is 307 g/mol. The van der Waals surface area contributed by atoms with Crippen molar-refractivity contribution in [1.29, 1.82) is 0 Å². The zero-order valence-electron chi connectivity index (χ0n) is 8.09. The van der Waals surface area contributed by atoms with Gasteiger partial charge in [0, 0.05) is 22.5 Å². The lowest BCUT2D eigenvalue weighted by molar-refractivity contribution is 0.440. The minimum atomic E-state index is 0.339. The molecule has 0 spiro atoms. The second kappa shape index (κ2) is 4.56. The monoisotopic (exact) mass is 316 g/mol. The molecule has 0 saturated carbocycles. The van der Waals surface area contributed by atoms with Crippen LogP contribution in [0.1, 0.15) is 6.92 Å². The third-order valence-electron chi connectivity index (χ3n) is 1.74. The second-order valence-electron chi connectivity index (χ2n) is 2.82. The minimum absolute atomic E-state index is 0.339. The number of rotatable bonds is 3. The Labute approximate surface area is 101 Å². The maximum atomic E-state index is 5.41. The number of aromatic nitrogens is 4. The SMILES string of the molecule is CCn1cc(Oc2ncc(I)cn2)cn1. The summed E-state index contributed by atoms with van der Waals surface area (Å²) >= 11 is 2.14. The van der Waals surface area contributed by atoms with Gasteiger partial charge in [0.1, 0.15) is 0 Å². The summed E-state index contributed by atoms with van der Waals surface area (Å²) in [4.78, 5) is 8.06. The molecule has 0 amide bonds. The van der Waals surface area contributed by atoms with Crippen molar-refractivity contribution in [2.45, 2.75) is 13.5 Å². The third kappa shape index (κ3) is 2.65. The molecule has 0 saturated heterocycles. The quantitative estimate of drug-likeness (QED) is 0.814. The van der Waals surface area contributed by atoms with Crippen molar-refractivity contribution in [3.8, 4) is 11.8 Å². The van der Waals surface area contributed by atoms with Gasteiger partial charge in [0.25, 0.3) is 0 Å². The number of halogens is 1. The largest absolute Gasteiger partial charge is 0.421 e. The van der Waals surface area contributed by atoms with E-state index >= 15 is 0 Å². The Balaban J connectivity index is 2.11. The van der Waals surface area contributed by atoms with Crippen molar-refractivity contribution >= 4 is 22.6 Å². The van der Waals surface area contributed by atoms with E-state index in [9.17, 15) is 0 Å². The highest BCUT2D eigenvalue weighted by Crippen LogP contribution is 2.16. The van der Waals surface area contributed by atoms with Gasteiger partial charge >= 0.3 is 6.01 Å². The Morgan fingerprint density at radius 2 is 2.07 bits per heavy atom. The maximum Gasteiger partial charge on any atom is 0.322 e. The predicted octanol–water partition coefficient (Wildman–Crippen LogP) is 2.09. The van der Waals surface area contributed by atoms with Crippen LogP contribution in [0.15, 0.2) is 24.8 Å². The number of nitrogens with zero attached hydrogens (tertiary/aromatic N) is 4. The van der Waals surface area contributed by atoms with Gasteiger partial charge in [-0.1, -0.05) is 0 Å². The summed E-state index contributed by atoms with van der Waals surface area (Å²) in [5, 5.41) is 4.08. The molecular formula is C9H9IN4O. The fourth-order valence-corrected chi connectivity index (χ4v) is 1.31. The standard InChI is InChI=1S/C9H9IN4O/c1-2-14-6-8(5-13-14)15-9-11-3-7(10)4-12-9/h3-6H,2H2,1H3. The Morgan fingerprint density at radius 1 is 1.33 bits per heavy atom. The first-order chi connectivity index (χ1) is 7.28. The van der Waals surface area contributed by atoms with E-state index in [2.05, 4.69) is 37.7 Å². The molecule has 0 atom stereocenters. The first kappa shape index (κ1) is 10.3. The molecule has 78 valence electrons. The topological polar surface area (TPSA) is 52.8 Å². The van der Waals surface area contributed by atoms with Crippen molar-refractivity contribution in [2.75, 3.05) is 0 Å². The summed E-state index contributed by atoms with van der Waals surface area (Å²) in [6.07, 6.45) is 6.85. The summed E-state index contributed by atoms with van der Waals surface area (Å²) in [7, 11) is 0. The number of aryl methyl sites for hydroxylation is 1. The van der Waals surface area contributed by atoms with Gasteiger partial charge in [-0.25, -0.2) is 9.97 Å². The molecule has 2 aromatic heterocycles. The molecule has 2 rings (SSSR count). The van der Waals surface area contributed by atoms with E-state index in [0.717, 1.165) is 10.1 Å². The highest BCUT2D eigenvalue weighted by Gasteiger charge is 2.02. The van der Waals surface area contributed by atoms with Crippen LogP contribution in [0, 0.1) is 3.57 Å². The summed E-state index contributed by atoms with van der Waals surface area (Å²) in [5.74, 6) is 0.651. The van der Waals surface area contributed by atoms with E-state index in [-0.39, 0.29) is 0 Å². The molecule has 0 fully saturated rings. The van der Waals surface area contributed by atoms with Gasteiger partial charge in [-0.2, -0.15) is 5.10 Å². The van der Waals surface area contributed by atoms with E-state index in [1.54, 1.807) is 29.5 Å². The van der Waals surface area contributed by atoms with E-state index in [1.807, 2.05) is 6.92 Å². The number of ether oxygens (including phenoxy) is 1. The van der Waals surface area contributed by atoms with Gasteiger partial charge in [-0.3, -0.25) is 4.68 Å². The van der Waals surface area contributed by atoms with E-state index in [0.29, 0.717) is 11.8 Å². The molecule has 0 aliphatic heterocycles. The van der Waals surface area contributed by atoms with Crippen LogP contribution < -0.4 is 4.74 Å². The van der Waals surface area contributed by atoms with Crippen LogP contribution in [0.5, 0.6) is 11.8 Å². The maximum absolute atomic E-state index is 5.41. The molecule has 0 bridgehead atoms. The number of hydrogen-bond donors (Lipinski definition) is 0. The fourth-order valence-electron chi connectivity index (χ4n) is 1.03. The normalized spacial score (nSPS) is 10.3. The zero-order chi connectivity index (χ0) is 10.7. The Hall–Kier alpha value is -1.18. The lowest BCUT2D eigenvalue weighted by Gasteiger charge is -1.98. The lowest BCUT2D eigenvalue weighted by atomic mass is 10.6. The van der Waals surface area contributed by atoms with E-state index < -0.39 is 0 Å². The number of hydrogen-bond acceptors (Lipinski definition) is 4. The Kier molecular flexibility index (Phi) is 3.14. The van der Waals surface area contributed by atoms with Crippen LogP contribution >= 0.6 is 22.6 Å². The minimum Gasteiger partial charge on any atom is -0.421 e. The van der Waals surface area contributed by atoms with Crippen LogP contribution in [0.2, 0.25) is 0 Å². The van der Waals surface area contributed by atoms with Gasteiger partial charge in [0.05, 0.1) is 12.4 Å². The van der Waals surface area contributed by atoms with Crippen molar-refractivity contribution in [2.24, 2.45) is 0 Å². The third-order valence-corrected chi connectivity index (χ3v) is 2.30. The van der Waals surface area contributed by atoms with Gasteiger partial charge in [-0.05, 0) is 29.5 Å². The summed E-state index contributed by atoms with van der Waals surface area (Å²) < 4.78 is 8.16. The average Bonchev–Trinajstić information content (AvgIpc) is 2.69. The summed E-state index contributed by atoms with van der Waals surface area (Å²) in [6, 6.07) is 0.339. The Bertz CT molecular complexity index is 440. The smallest absolute Gasteiger partial charge is 0.322 e. The van der Waals surface area contributed by atoms with Crippen LogP contribution in [0.4, 0.5) is 0 Å². The highest BCUT2D eigenvalue weighted by atomic mass is 127. The van der Waals surface area contributed by atoms with Crippen LogP contribution in [0.3, 0.4) is 0 Å². The first-order valence-electron chi connectivity index (χ1n) is 4.46. The Morgan fingerprint density at radius 3 is 2.67 bits per heavy atom. The van der Waals surface area contributed by atoms with Gasteiger partial charge in [0.2, 0.25) is 0 Å². The lowest BCUT2D eigenvalue weighted by Crippen LogP contribution is -1.93. The molecule has 0 unspecified atom stereocenters. The first-order valence-corrected chi connectivity index (χ1v) is 5.53. The highest BCUT2D eigenvalue weighted by molar-refractivity contribution is 14.1. The predicted molar refractivity (Wildman–Crippen MR) is 62.7 cm³/mol. The van der Waals surface area contributed by atoms with Crippen molar-refractivity contribution in [3.63, 3.8) is 0 Å². The van der Waals surface area contributed by atoms with Gasteiger partial charge < -0.3 is 4.74 Å². The van der Waals surface area contributed by atoms with E-state index in [4.69, 9.17) is 4.74 Å². The molecule has 15 heavy (non-hydrogen) atoms. The van der Waals surface area contributed by atoms with Crippen LogP contribution in [-0.4, -0.2) is 19.7 Å². The molecule has 2 heterocycles. The molecule has 0 aromatic carbocycles. The molecule has 6 heteroatoms. The van der Waals surface area contributed by atoms with E-state index in [1.165, 1.54) is 0 Å². The van der Waals surface area contributed by atoms with Gasteiger partial charge in [0.15, 0.2) is 5.75 Å². The fraction of sp³-hybridized carbons (Fsp3) is 0.222. The average molecular weight is 316 g/mol. The zero-order valence-corrected chi connectivity index (χ0v) is 10.2. The molecule has 5 nitrogen and oxygen atoms in total. The van der Waals surface area contributed by atoms with Crippen LogP contribution in [0.25, 0.3) is 0 Å². The molecule has 0 N–H and O–H groups in total. The van der Waals surface area contributed by atoms with Crippen molar-refractivity contribution in [1.82, 2.24) is 19.7 Å². The second-order valence-corrected chi connectivity index (χ2v) is 4.06. The molecule has 2 aromatic rings. The van der Waals surface area contributed by atoms with Crippen molar-refractivity contribution in [3.05, 3.63) is 28.4 Å². The van der Waals surface area contributed by atoms with Crippen LogP contribution in [-0.2, 0) is 6.54 Å².